The molecule has 0 aliphatic carbocycles. The molecule has 0 radical (unpaired) electrons. The van der Waals surface area contributed by atoms with Crippen molar-refractivity contribution in [2.75, 3.05) is 0 Å². The monoisotopic (exact) mass is 432 g/mol. The Morgan fingerprint density at radius 2 is 2.03 bits per heavy atom. The van der Waals surface area contributed by atoms with E-state index >= 15 is 0 Å². The number of rotatable bonds is 4. The zero-order valence-electron chi connectivity index (χ0n) is 15.8. The van der Waals surface area contributed by atoms with E-state index in [1.54, 1.807) is 28.9 Å². The lowest BCUT2D eigenvalue weighted by atomic mass is 10.1. The largest absolute Gasteiger partial charge is 0.478 e. The molecule has 4 aromatic heterocycles. The average molecular weight is 433 g/mol. The Labute approximate surface area is 173 Å². The summed E-state index contributed by atoms with van der Waals surface area (Å²) >= 11 is 7.24. The second-order valence-corrected chi connectivity index (χ2v) is 8.52. The summed E-state index contributed by atoms with van der Waals surface area (Å²) in [4.78, 5) is 42.7. The maximum atomic E-state index is 12.8. The smallest absolute Gasteiger partial charge is 0.337 e. The topological polar surface area (TPSA) is 98.6 Å². The summed E-state index contributed by atoms with van der Waals surface area (Å²) < 4.78 is 4.20. The highest BCUT2D eigenvalue weighted by Crippen LogP contribution is 2.32. The van der Waals surface area contributed by atoms with Crippen LogP contribution in [-0.4, -0.2) is 29.6 Å². The molecule has 8 nitrogen and oxygen atoms in total. The first-order valence-corrected chi connectivity index (χ1v) is 10.0. The summed E-state index contributed by atoms with van der Waals surface area (Å²) in [7, 11) is 1.36. The first-order chi connectivity index (χ1) is 13.7. The quantitative estimate of drug-likeness (QED) is 0.534. The molecule has 0 aliphatic heterocycles. The van der Waals surface area contributed by atoms with Gasteiger partial charge in [-0.3, -0.25) is 13.9 Å². The molecule has 0 amide bonds. The Bertz CT molecular complexity index is 1410. The van der Waals surface area contributed by atoms with Gasteiger partial charge in [0.15, 0.2) is 0 Å². The molecule has 4 rings (SSSR count). The zero-order chi connectivity index (χ0) is 21.0. The van der Waals surface area contributed by atoms with E-state index in [1.165, 1.54) is 11.6 Å². The number of nitrogens with zero attached hydrogens (tertiary/aromatic N) is 4. The molecule has 0 aromatic carbocycles. The van der Waals surface area contributed by atoms with Gasteiger partial charge >= 0.3 is 11.7 Å². The van der Waals surface area contributed by atoms with E-state index in [0.717, 1.165) is 21.6 Å². The number of pyridine rings is 1. The Hall–Kier alpha value is -2.91. The molecule has 10 heteroatoms. The fraction of sp³-hybridized carbons (Fsp3) is 0.263. The predicted octanol–water partition coefficient (Wildman–Crippen LogP) is 2.93. The summed E-state index contributed by atoms with van der Waals surface area (Å²) in [5.74, 6) is -1.20. The predicted molar refractivity (Wildman–Crippen MR) is 112 cm³/mol. The van der Waals surface area contributed by atoms with Crippen LogP contribution in [0.4, 0.5) is 0 Å². The number of aromatic nitrogens is 4. The molecule has 0 fully saturated rings. The third kappa shape index (κ3) is 2.97. The highest BCUT2D eigenvalue weighted by molar-refractivity contribution is 7.19. The lowest BCUT2D eigenvalue weighted by molar-refractivity contribution is 0.0698. The highest BCUT2D eigenvalue weighted by atomic mass is 35.5. The van der Waals surface area contributed by atoms with E-state index in [2.05, 4.69) is 4.98 Å². The number of carboxylic acids is 1. The number of imidazole rings is 1. The molecule has 4 heterocycles. The Kier molecular flexibility index (Phi) is 4.59. The van der Waals surface area contributed by atoms with Crippen molar-refractivity contribution in [3.63, 3.8) is 0 Å². The van der Waals surface area contributed by atoms with Crippen molar-refractivity contribution in [1.82, 2.24) is 18.5 Å². The minimum Gasteiger partial charge on any atom is -0.478 e. The van der Waals surface area contributed by atoms with Crippen molar-refractivity contribution >= 4 is 44.8 Å². The molecule has 0 bridgehead atoms. The van der Waals surface area contributed by atoms with E-state index in [-0.39, 0.29) is 23.4 Å². The van der Waals surface area contributed by atoms with Crippen molar-refractivity contribution in [3.05, 3.63) is 66.5 Å². The van der Waals surface area contributed by atoms with Crippen molar-refractivity contribution in [2.45, 2.75) is 26.3 Å². The fourth-order valence-electron chi connectivity index (χ4n) is 3.44. The first kappa shape index (κ1) is 19.4. The molecule has 29 heavy (non-hydrogen) atoms. The second kappa shape index (κ2) is 6.85. The number of carbonyl (C=O) groups is 1. The van der Waals surface area contributed by atoms with Gasteiger partial charge in [-0.1, -0.05) is 11.6 Å². The Balaban J connectivity index is 2.03. The lowest BCUT2D eigenvalue weighted by Crippen LogP contribution is -2.38. The van der Waals surface area contributed by atoms with Crippen LogP contribution in [0.15, 0.2) is 34.1 Å². The average Bonchev–Trinajstić information content (AvgIpc) is 3.21. The standard InChI is InChI=1S/C19H17ClN4O4S/c1-9(2)24-17-15(16(25)22(3)19(24)28)14(18(26)27)12(29-17)6-11-7-21-13-5-4-10(20)8-23(11)13/h4-5,7-9H,6H2,1-3H3,(H,26,27). The third-order valence-corrected chi connectivity index (χ3v) is 6.22. The van der Waals surface area contributed by atoms with Gasteiger partial charge in [0.1, 0.15) is 10.5 Å². The van der Waals surface area contributed by atoms with Crippen LogP contribution < -0.4 is 11.2 Å². The zero-order valence-corrected chi connectivity index (χ0v) is 17.4. The van der Waals surface area contributed by atoms with Crippen molar-refractivity contribution < 1.29 is 9.90 Å². The van der Waals surface area contributed by atoms with Crippen LogP contribution in [0, 0.1) is 0 Å². The molecule has 0 saturated heterocycles. The maximum Gasteiger partial charge on any atom is 0.337 e. The van der Waals surface area contributed by atoms with Gasteiger partial charge in [-0.25, -0.2) is 14.6 Å². The number of fused-ring (bicyclic) bond motifs is 2. The van der Waals surface area contributed by atoms with Crippen LogP contribution in [0.3, 0.4) is 0 Å². The number of carboxylic acid groups (broad SMARTS) is 1. The number of aromatic carboxylic acids is 1. The highest BCUT2D eigenvalue weighted by Gasteiger charge is 2.26. The minimum atomic E-state index is -1.20. The normalized spacial score (nSPS) is 11.8. The molecule has 0 saturated carbocycles. The van der Waals surface area contributed by atoms with Gasteiger partial charge in [-0.15, -0.1) is 11.3 Å². The van der Waals surface area contributed by atoms with Crippen LogP contribution in [0.25, 0.3) is 15.9 Å². The van der Waals surface area contributed by atoms with Gasteiger partial charge in [-0.2, -0.15) is 0 Å². The van der Waals surface area contributed by atoms with Gasteiger partial charge < -0.3 is 9.51 Å². The molecular weight excluding hydrogens is 416 g/mol. The number of hydrogen-bond acceptors (Lipinski definition) is 5. The van der Waals surface area contributed by atoms with Gasteiger partial charge in [-0.05, 0) is 26.0 Å². The molecule has 1 N–H and O–H groups in total. The van der Waals surface area contributed by atoms with Crippen molar-refractivity contribution in [3.8, 4) is 0 Å². The van der Waals surface area contributed by atoms with Gasteiger partial charge in [0.05, 0.1) is 16.0 Å². The van der Waals surface area contributed by atoms with Crippen LogP contribution in [-0.2, 0) is 13.5 Å². The molecule has 0 aliphatic rings. The van der Waals surface area contributed by atoms with E-state index in [1.807, 2.05) is 13.8 Å². The van der Waals surface area contributed by atoms with Gasteiger partial charge in [0.2, 0.25) is 0 Å². The summed E-state index contributed by atoms with van der Waals surface area (Å²) in [6.07, 6.45) is 3.59. The maximum absolute atomic E-state index is 12.8. The molecule has 0 spiro atoms. The van der Waals surface area contributed by atoms with Crippen molar-refractivity contribution in [1.29, 1.82) is 0 Å². The van der Waals surface area contributed by atoms with E-state index < -0.39 is 17.2 Å². The first-order valence-electron chi connectivity index (χ1n) is 8.82. The molecule has 4 aromatic rings. The van der Waals surface area contributed by atoms with Crippen LogP contribution in [0.2, 0.25) is 5.02 Å². The summed E-state index contributed by atoms with van der Waals surface area (Å²) in [5.41, 5.74) is 0.257. The van der Waals surface area contributed by atoms with Gasteiger partial charge in [0.25, 0.3) is 5.56 Å². The number of hydrogen-bond donors (Lipinski definition) is 1. The molecular formula is C19H17ClN4O4S. The minimum absolute atomic E-state index is 0.0557. The van der Waals surface area contributed by atoms with Crippen LogP contribution in [0.5, 0.6) is 0 Å². The Morgan fingerprint density at radius 3 is 2.69 bits per heavy atom. The van der Waals surface area contributed by atoms with E-state index in [9.17, 15) is 19.5 Å². The summed E-state index contributed by atoms with van der Waals surface area (Å²) in [6.45, 7) is 3.63. The van der Waals surface area contributed by atoms with E-state index in [4.69, 9.17) is 11.6 Å². The molecule has 150 valence electrons. The molecule has 0 atom stereocenters. The SMILES string of the molecule is CC(C)n1c(=O)n(C)c(=O)c2c(C(=O)O)c(Cc3cnc4ccc(Cl)cn34)sc21. The Morgan fingerprint density at radius 1 is 1.31 bits per heavy atom. The second-order valence-electron chi connectivity index (χ2n) is 7.00. The third-order valence-electron chi connectivity index (χ3n) is 4.81. The van der Waals surface area contributed by atoms with Gasteiger partial charge in [0, 0.05) is 42.5 Å². The van der Waals surface area contributed by atoms with Crippen LogP contribution >= 0.6 is 22.9 Å². The molecule has 0 unspecified atom stereocenters. The summed E-state index contributed by atoms with van der Waals surface area (Å²) in [6, 6.07) is 3.25. The lowest BCUT2D eigenvalue weighted by Gasteiger charge is -2.12. The van der Waals surface area contributed by atoms with Crippen molar-refractivity contribution in [2.24, 2.45) is 7.05 Å². The number of halogens is 1. The van der Waals surface area contributed by atoms with E-state index in [0.29, 0.717) is 20.4 Å². The summed E-state index contributed by atoms with van der Waals surface area (Å²) in [5, 5.41) is 10.5. The number of thiophene rings is 1. The fourth-order valence-corrected chi connectivity index (χ4v) is 5.03. The van der Waals surface area contributed by atoms with Crippen LogP contribution in [0.1, 0.15) is 40.8 Å².